The highest BCUT2D eigenvalue weighted by Crippen LogP contribution is 2.22. The second kappa shape index (κ2) is 6.81. The number of carbonyl (C=O) groups is 2. The first-order chi connectivity index (χ1) is 8.83. The van der Waals surface area contributed by atoms with Crippen molar-refractivity contribution < 1.29 is 27.9 Å². The SMILES string of the molecule is CN(CCC(F)(F)F)C(=O)NC(CC(=O)O)C(C)(C)C. The summed E-state index contributed by atoms with van der Waals surface area (Å²) in [6, 6.07) is -1.38. The van der Waals surface area contributed by atoms with Gasteiger partial charge >= 0.3 is 18.2 Å². The zero-order chi connectivity index (χ0) is 16.1. The summed E-state index contributed by atoms with van der Waals surface area (Å²) in [4.78, 5) is 23.4. The summed E-state index contributed by atoms with van der Waals surface area (Å²) in [7, 11) is 1.24. The van der Waals surface area contributed by atoms with Gasteiger partial charge in [-0.2, -0.15) is 13.2 Å². The molecule has 20 heavy (non-hydrogen) atoms. The van der Waals surface area contributed by atoms with E-state index in [1.54, 1.807) is 20.8 Å². The lowest BCUT2D eigenvalue weighted by Crippen LogP contribution is -2.49. The van der Waals surface area contributed by atoms with Gasteiger partial charge in [0.25, 0.3) is 0 Å². The fraction of sp³-hybridized carbons (Fsp3) is 0.833. The molecule has 1 unspecified atom stereocenters. The minimum atomic E-state index is -4.33. The van der Waals surface area contributed by atoms with Crippen molar-refractivity contribution in [1.82, 2.24) is 10.2 Å². The summed E-state index contributed by atoms with van der Waals surface area (Å²) in [6.07, 6.45) is -5.72. The van der Waals surface area contributed by atoms with E-state index in [9.17, 15) is 22.8 Å². The summed E-state index contributed by atoms with van der Waals surface area (Å²) in [6.45, 7) is 4.77. The van der Waals surface area contributed by atoms with Crippen LogP contribution in [0.4, 0.5) is 18.0 Å². The maximum Gasteiger partial charge on any atom is 0.390 e. The molecule has 0 aliphatic rings. The van der Waals surface area contributed by atoms with E-state index < -0.39 is 42.6 Å². The van der Waals surface area contributed by atoms with Crippen molar-refractivity contribution in [2.75, 3.05) is 13.6 Å². The van der Waals surface area contributed by atoms with E-state index in [1.165, 1.54) is 7.05 Å². The van der Waals surface area contributed by atoms with E-state index in [0.717, 1.165) is 4.90 Å². The Bertz CT molecular complexity index is 351. The molecular weight excluding hydrogens is 277 g/mol. The molecule has 0 spiro atoms. The number of alkyl halides is 3. The third kappa shape index (κ3) is 7.85. The Labute approximate surface area is 116 Å². The number of rotatable bonds is 5. The topological polar surface area (TPSA) is 69.6 Å². The number of nitrogens with one attached hydrogen (secondary N) is 1. The van der Waals surface area contributed by atoms with Crippen LogP contribution >= 0.6 is 0 Å². The Morgan fingerprint density at radius 1 is 1.25 bits per heavy atom. The molecule has 0 aliphatic heterocycles. The van der Waals surface area contributed by atoms with Gasteiger partial charge in [-0.3, -0.25) is 4.79 Å². The van der Waals surface area contributed by atoms with Gasteiger partial charge in [-0.1, -0.05) is 20.8 Å². The first-order valence-corrected chi connectivity index (χ1v) is 6.13. The minimum Gasteiger partial charge on any atom is -0.481 e. The Balaban J connectivity index is 4.56. The third-order valence-corrected chi connectivity index (χ3v) is 2.80. The van der Waals surface area contributed by atoms with Crippen LogP contribution in [0.25, 0.3) is 0 Å². The number of halogens is 3. The van der Waals surface area contributed by atoms with Crippen molar-refractivity contribution in [3.63, 3.8) is 0 Å². The van der Waals surface area contributed by atoms with Gasteiger partial charge in [0.2, 0.25) is 0 Å². The largest absolute Gasteiger partial charge is 0.481 e. The van der Waals surface area contributed by atoms with Gasteiger partial charge in [0.1, 0.15) is 0 Å². The molecule has 0 saturated heterocycles. The number of carbonyl (C=O) groups excluding carboxylic acids is 1. The highest BCUT2D eigenvalue weighted by molar-refractivity contribution is 5.75. The summed E-state index contributed by atoms with van der Waals surface area (Å²) >= 11 is 0. The number of amides is 2. The normalized spacial score (nSPS) is 13.8. The fourth-order valence-electron chi connectivity index (χ4n) is 1.40. The third-order valence-electron chi connectivity index (χ3n) is 2.80. The van der Waals surface area contributed by atoms with Crippen LogP contribution < -0.4 is 5.32 Å². The molecule has 2 N–H and O–H groups in total. The quantitative estimate of drug-likeness (QED) is 0.819. The van der Waals surface area contributed by atoms with Gasteiger partial charge < -0.3 is 15.3 Å². The lowest BCUT2D eigenvalue weighted by atomic mass is 9.85. The number of nitrogens with zero attached hydrogens (tertiary/aromatic N) is 1. The maximum absolute atomic E-state index is 12.1. The summed E-state index contributed by atoms with van der Waals surface area (Å²) in [5.74, 6) is -1.08. The van der Waals surface area contributed by atoms with Gasteiger partial charge in [-0.15, -0.1) is 0 Å². The highest BCUT2D eigenvalue weighted by Gasteiger charge is 2.31. The van der Waals surface area contributed by atoms with Crippen LogP contribution in [-0.4, -0.2) is 47.8 Å². The van der Waals surface area contributed by atoms with E-state index in [-0.39, 0.29) is 6.42 Å². The number of aliphatic carboxylic acids is 1. The van der Waals surface area contributed by atoms with Crippen LogP contribution in [0.15, 0.2) is 0 Å². The van der Waals surface area contributed by atoms with Crippen molar-refractivity contribution in [1.29, 1.82) is 0 Å². The van der Waals surface area contributed by atoms with Crippen LogP contribution in [0.3, 0.4) is 0 Å². The standard InChI is InChI=1S/C12H21F3N2O3/c1-11(2,3)8(7-9(18)19)16-10(20)17(4)6-5-12(13,14)15/h8H,5-7H2,1-4H3,(H,16,20)(H,18,19). The van der Waals surface area contributed by atoms with Gasteiger partial charge in [0.05, 0.1) is 12.8 Å². The van der Waals surface area contributed by atoms with E-state index in [1.807, 2.05) is 0 Å². The summed E-state index contributed by atoms with van der Waals surface area (Å²) in [5, 5.41) is 11.3. The molecule has 0 aliphatic carbocycles. The Morgan fingerprint density at radius 2 is 1.75 bits per heavy atom. The average Bonchev–Trinajstić information content (AvgIpc) is 2.21. The van der Waals surface area contributed by atoms with Crippen molar-refractivity contribution in [2.24, 2.45) is 5.41 Å². The Hall–Kier alpha value is -1.47. The number of hydrogen-bond acceptors (Lipinski definition) is 2. The van der Waals surface area contributed by atoms with E-state index in [4.69, 9.17) is 5.11 Å². The van der Waals surface area contributed by atoms with Gasteiger partial charge in [-0.05, 0) is 5.41 Å². The zero-order valence-electron chi connectivity index (χ0n) is 12.0. The summed E-state index contributed by atoms with van der Waals surface area (Å²) in [5.41, 5.74) is -0.515. The molecular formula is C12H21F3N2O3. The Kier molecular flexibility index (Phi) is 6.31. The molecule has 0 bridgehead atoms. The first kappa shape index (κ1) is 18.5. The zero-order valence-corrected chi connectivity index (χ0v) is 12.0. The summed E-state index contributed by atoms with van der Waals surface area (Å²) < 4.78 is 36.2. The van der Waals surface area contributed by atoms with Crippen molar-refractivity contribution >= 4 is 12.0 Å². The number of urea groups is 1. The molecule has 2 amide bonds. The van der Waals surface area contributed by atoms with Gasteiger partial charge in [0.15, 0.2) is 0 Å². The van der Waals surface area contributed by atoms with Crippen molar-refractivity contribution in [3.8, 4) is 0 Å². The molecule has 1 atom stereocenters. The predicted octanol–water partition coefficient (Wildman–Crippen LogP) is 2.47. The molecule has 8 heteroatoms. The van der Waals surface area contributed by atoms with E-state index in [2.05, 4.69) is 5.32 Å². The first-order valence-electron chi connectivity index (χ1n) is 6.13. The molecule has 118 valence electrons. The molecule has 0 heterocycles. The number of carboxylic acid groups (broad SMARTS) is 1. The van der Waals surface area contributed by atoms with Gasteiger partial charge in [0, 0.05) is 19.6 Å². The second-order valence-corrected chi connectivity index (χ2v) is 5.75. The minimum absolute atomic E-state index is 0.289. The lowest BCUT2D eigenvalue weighted by Gasteiger charge is -2.32. The fourth-order valence-corrected chi connectivity index (χ4v) is 1.40. The monoisotopic (exact) mass is 298 g/mol. The predicted molar refractivity (Wildman–Crippen MR) is 67.3 cm³/mol. The number of hydrogen-bond donors (Lipinski definition) is 2. The molecule has 5 nitrogen and oxygen atoms in total. The highest BCUT2D eigenvalue weighted by atomic mass is 19.4. The lowest BCUT2D eigenvalue weighted by molar-refractivity contribution is -0.138. The smallest absolute Gasteiger partial charge is 0.390 e. The van der Waals surface area contributed by atoms with Crippen LogP contribution in [0.1, 0.15) is 33.6 Å². The second-order valence-electron chi connectivity index (χ2n) is 5.75. The van der Waals surface area contributed by atoms with E-state index >= 15 is 0 Å². The molecule has 0 saturated carbocycles. The van der Waals surface area contributed by atoms with Crippen molar-refractivity contribution in [2.45, 2.75) is 45.8 Å². The molecule has 0 rings (SSSR count). The molecule has 0 aromatic carbocycles. The van der Waals surface area contributed by atoms with Crippen molar-refractivity contribution in [3.05, 3.63) is 0 Å². The average molecular weight is 298 g/mol. The van der Waals surface area contributed by atoms with Crippen LogP contribution in [-0.2, 0) is 4.79 Å². The van der Waals surface area contributed by atoms with Gasteiger partial charge in [-0.25, -0.2) is 4.79 Å². The van der Waals surface area contributed by atoms with Crippen LogP contribution in [0.5, 0.6) is 0 Å². The number of carboxylic acids is 1. The molecule has 0 radical (unpaired) electrons. The van der Waals surface area contributed by atoms with Crippen LogP contribution in [0, 0.1) is 5.41 Å². The molecule has 0 fully saturated rings. The van der Waals surface area contributed by atoms with Crippen LogP contribution in [0.2, 0.25) is 0 Å². The van der Waals surface area contributed by atoms with E-state index in [0.29, 0.717) is 0 Å². The Morgan fingerprint density at radius 3 is 2.10 bits per heavy atom. The molecule has 0 aromatic heterocycles. The maximum atomic E-state index is 12.1. The molecule has 0 aromatic rings.